The van der Waals surface area contributed by atoms with Crippen LogP contribution in [-0.4, -0.2) is 48.1 Å². The first-order chi connectivity index (χ1) is 14.5. The van der Waals surface area contributed by atoms with Crippen LogP contribution in [0.2, 0.25) is 0 Å². The van der Waals surface area contributed by atoms with Crippen molar-refractivity contribution >= 4 is 11.6 Å². The van der Waals surface area contributed by atoms with Gasteiger partial charge in [0.05, 0.1) is 19.4 Å². The molecule has 0 bridgehead atoms. The number of methoxy groups -OCH3 is 2. The normalized spacial score (nSPS) is 10.8. The van der Waals surface area contributed by atoms with Gasteiger partial charge in [-0.25, -0.2) is 4.68 Å². The third kappa shape index (κ3) is 5.15. The van der Waals surface area contributed by atoms with Gasteiger partial charge >= 0.3 is 6.01 Å². The van der Waals surface area contributed by atoms with Gasteiger partial charge in [0.2, 0.25) is 5.91 Å². The summed E-state index contributed by atoms with van der Waals surface area (Å²) >= 11 is 0. The number of ether oxygens (including phenoxy) is 3. The Morgan fingerprint density at radius 3 is 2.53 bits per heavy atom. The first kappa shape index (κ1) is 21.3. The Morgan fingerprint density at radius 2 is 1.87 bits per heavy atom. The Morgan fingerprint density at radius 1 is 1.10 bits per heavy atom. The highest BCUT2D eigenvalue weighted by Gasteiger charge is 2.16. The van der Waals surface area contributed by atoms with E-state index in [1.54, 1.807) is 18.9 Å². The largest absolute Gasteiger partial charge is 0.497 e. The maximum absolute atomic E-state index is 12.1. The van der Waals surface area contributed by atoms with Crippen molar-refractivity contribution in [1.82, 2.24) is 14.8 Å². The lowest BCUT2D eigenvalue weighted by molar-refractivity contribution is -0.118. The van der Waals surface area contributed by atoms with E-state index in [2.05, 4.69) is 15.4 Å². The van der Waals surface area contributed by atoms with E-state index in [-0.39, 0.29) is 17.8 Å². The van der Waals surface area contributed by atoms with Crippen molar-refractivity contribution in [3.05, 3.63) is 48.5 Å². The van der Waals surface area contributed by atoms with E-state index < -0.39 is 0 Å². The van der Waals surface area contributed by atoms with Crippen LogP contribution in [0.15, 0.2) is 48.5 Å². The molecular weight excluding hydrogens is 384 g/mol. The lowest BCUT2D eigenvalue weighted by Crippen LogP contribution is -2.17. The van der Waals surface area contributed by atoms with Gasteiger partial charge < -0.3 is 19.5 Å². The summed E-state index contributed by atoms with van der Waals surface area (Å²) in [5.41, 5.74) is 2.28. The summed E-state index contributed by atoms with van der Waals surface area (Å²) in [6.45, 7) is 4.47. The Hall–Kier alpha value is -3.39. The summed E-state index contributed by atoms with van der Waals surface area (Å²) in [7, 11) is 3.23. The molecule has 0 aliphatic carbocycles. The predicted octanol–water partition coefficient (Wildman–Crippen LogP) is 3.56. The van der Waals surface area contributed by atoms with Gasteiger partial charge in [-0.3, -0.25) is 4.79 Å². The number of carbonyl (C=O) groups is 1. The van der Waals surface area contributed by atoms with Crippen LogP contribution in [0.25, 0.3) is 17.1 Å². The van der Waals surface area contributed by atoms with Crippen LogP contribution in [0, 0.1) is 5.92 Å². The minimum absolute atomic E-state index is 0.0512. The molecule has 0 fully saturated rings. The highest BCUT2D eigenvalue weighted by molar-refractivity contribution is 5.92. The van der Waals surface area contributed by atoms with E-state index in [0.29, 0.717) is 24.7 Å². The molecule has 158 valence electrons. The molecule has 0 unspecified atom stereocenters. The van der Waals surface area contributed by atoms with Gasteiger partial charge in [0.15, 0.2) is 5.82 Å². The maximum atomic E-state index is 12.1. The standard InChI is InChI=1S/C22H26N4O4/c1-15(2)21(27)23-17-6-5-7-18(14-17)26-20(16-8-10-19(29-4)11-9-16)24-22(25-26)30-13-12-28-3/h5-11,14-15H,12-13H2,1-4H3,(H,23,27). The van der Waals surface area contributed by atoms with Gasteiger partial charge in [-0.15, -0.1) is 5.10 Å². The summed E-state index contributed by atoms with van der Waals surface area (Å²) in [5, 5.41) is 7.42. The van der Waals surface area contributed by atoms with E-state index in [1.165, 1.54) is 0 Å². The number of nitrogens with zero attached hydrogens (tertiary/aromatic N) is 3. The smallest absolute Gasteiger partial charge is 0.336 e. The zero-order chi connectivity index (χ0) is 21.5. The molecule has 30 heavy (non-hydrogen) atoms. The highest BCUT2D eigenvalue weighted by Crippen LogP contribution is 2.26. The second-order valence-electron chi connectivity index (χ2n) is 6.89. The van der Waals surface area contributed by atoms with Crippen LogP contribution in [0.4, 0.5) is 5.69 Å². The molecule has 0 radical (unpaired) electrons. The molecular formula is C22H26N4O4. The van der Waals surface area contributed by atoms with E-state index in [4.69, 9.17) is 14.2 Å². The molecule has 0 saturated carbocycles. The summed E-state index contributed by atoms with van der Waals surface area (Å²) in [6.07, 6.45) is 0. The number of nitrogens with one attached hydrogen (secondary N) is 1. The first-order valence-electron chi connectivity index (χ1n) is 9.66. The third-order valence-corrected chi connectivity index (χ3v) is 4.34. The lowest BCUT2D eigenvalue weighted by atomic mass is 10.2. The first-order valence-corrected chi connectivity index (χ1v) is 9.66. The Labute approximate surface area is 175 Å². The van der Waals surface area contributed by atoms with Crippen molar-refractivity contribution in [3.63, 3.8) is 0 Å². The Bertz CT molecular complexity index is 983. The van der Waals surface area contributed by atoms with Crippen LogP contribution in [0.5, 0.6) is 11.8 Å². The molecule has 1 amide bonds. The van der Waals surface area contributed by atoms with Crippen LogP contribution >= 0.6 is 0 Å². The van der Waals surface area contributed by atoms with Crippen molar-refractivity contribution < 1.29 is 19.0 Å². The lowest BCUT2D eigenvalue weighted by Gasteiger charge is -2.10. The molecule has 8 nitrogen and oxygen atoms in total. The topological polar surface area (TPSA) is 87.5 Å². The van der Waals surface area contributed by atoms with E-state index in [1.807, 2.05) is 62.4 Å². The van der Waals surface area contributed by atoms with Gasteiger partial charge in [0, 0.05) is 24.3 Å². The number of carbonyl (C=O) groups excluding carboxylic acids is 1. The third-order valence-electron chi connectivity index (χ3n) is 4.34. The Kier molecular flexibility index (Phi) is 7.03. The van der Waals surface area contributed by atoms with Gasteiger partial charge in [-0.1, -0.05) is 19.9 Å². The van der Waals surface area contributed by atoms with Crippen LogP contribution < -0.4 is 14.8 Å². The minimum atomic E-state index is -0.115. The van der Waals surface area contributed by atoms with E-state index >= 15 is 0 Å². The van der Waals surface area contributed by atoms with E-state index in [0.717, 1.165) is 17.0 Å². The molecule has 1 heterocycles. The number of benzene rings is 2. The number of aromatic nitrogens is 3. The monoisotopic (exact) mass is 410 g/mol. The van der Waals surface area contributed by atoms with Crippen molar-refractivity contribution in [2.75, 3.05) is 32.8 Å². The predicted molar refractivity (Wildman–Crippen MR) is 114 cm³/mol. The second-order valence-corrected chi connectivity index (χ2v) is 6.89. The molecule has 0 saturated heterocycles. The molecule has 2 aromatic carbocycles. The fourth-order valence-corrected chi connectivity index (χ4v) is 2.68. The molecule has 0 aliphatic rings. The summed E-state index contributed by atoms with van der Waals surface area (Å²) in [6, 6.07) is 15.2. The molecule has 8 heteroatoms. The summed E-state index contributed by atoms with van der Waals surface area (Å²) < 4.78 is 17.6. The molecule has 3 rings (SSSR count). The van der Waals surface area contributed by atoms with Gasteiger partial charge in [-0.05, 0) is 42.5 Å². The number of rotatable bonds is 9. The van der Waals surface area contributed by atoms with Gasteiger partial charge in [-0.2, -0.15) is 4.98 Å². The Balaban J connectivity index is 1.98. The number of amides is 1. The van der Waals surface area contributed by atoms with Crippen LogP contribution in [0.3, 0.4) is 0 Å². The molecule has 0 atom stereocenters. The molecule has 3 aromatic rings. The van der Waals surface area contributed by atoms with Crippen LogP contribution in [0.1, 0.15) is 13.8 Å². The quantitative estimate of drug-likeness (QED) is 0.543. The fraction of sp³-hybridized carbons (Fsp3) is 0.318. The number of anilines is 1. The fourth-order valence-electron chi connectivity index (χ4n) is 2.68. The average Bonchev–Trinajstić information content (AvgIpc) is 3.18. The summed E-state index contributed by atoms with van der Waals surface area (Å²) in [5.74, 6) is 1.19. The van der Waals surface area contributed by atoms with Crippen molar-refractivity contribution in [3.8, 4) is 28.8 Å². The number of hydrogen-bond donors (Lipinski definition) is 1. The van der Waals surface area contributed by atoms with E-state index in [9.17, 15) is 4.79 Å². The maximum Gasteiger partial charge on any atom is 0.336 e. The van der Waals surface area contributed by atoms with Gasteiger partial charge in [0.25, 0.3) is 0 Å². The molecule has 0 aliphatic heterocycles. The van der Waals surface area contributed by atoms with Gasteiger partial charge in [0.1, 0.15) is 12.4 Å². The van der Waals surface area contributed by atoms with Crippen molar-refractivity contribution in [1.29, 1.82) is 0 Å². The highest BCUT2D eigenvalue weighted by atomic mass is 16.5. The zero-order valence-corrected chi connectivity index (χ0v) is 17.6. The van der Waals surface area contributed by atoms with Crippen LogP contribution in [-0.2, 0) is 9.53 Å². The van der Waals surface area contributed by atoms with Crippen molar-refractivity contribution in [2.24, 2.45) is 5.92 Å². The molecule has 0 spiro atoms. The zero-order valence-electron chi connectivity index (χ0n) is 17.6. The molecule has 1 N–H and O–H groups in total. The second kappa shape index (κ2) is 9.89. The average molecular weight is 410 g/mol. The number of hydrogen-bond acceptors (Lipinski definition) is 6. The minimum Gasteiger partial charge on any atom is -0.497 e. The SMILES string of the molecule is COCCOc1nc(-c2ccc(OC)cc2)n(-c2cccc(NC(=O)C(C)C)c2)n1. The van der Waals surface area contributed by atoms with Crippen molar-refractivity contribution in [2.45, 2.75) is 13.8 Å². The molecule has 1 aromatic heterocycles. The summed E-state index contributed by atoms with van der Waals surface area (Å²) in [4.78, 5) is 16.6.